The van der Waals surface area contributed by atoms with Crippen LogP contribution in [0.3, 0.4) is 0 Å². The summed E-state index contributed by atoms with van der Waals surface area (Å²) in [4.78, 5) is 16.1. The van der Waals surface area contributed by atoms with Crippen LogP contribution in [0.2, 0.25) is 0 Å². The molecule has 16 heavy (non-hydrogen) atoms. The van der Waals surface area contributed by atoms with Gasteiger partial charge >= 0.3 is 0 Å². The van der Waals surface area contributed by atoms with Crippen molar-refractivity contribution in [2.45, 2.75) is 6.92 Å². The maximum atomic E-state index is 12.1. The lowest BCUT2D eigenvalue weighted by molar-refractivity contribution is 0.103. The van der Waals surface area contributed by atoms with Gasteiger partial charge in [-0.15, -0.1) is 0 Å². The van der Waals surface area contributed by atoms with Gasteiger partial charge in [-0.2, -0.15) is 0 Å². The average molecular weight is 212 g/mol. The fourth-order valence-corrected chi connectivity index (χ4v) is 1.51. The van der Waals surface area contributed by atoms with Crippen LogP contribution in [0.15, 0.2) is 42.6 Å². The van der Waals surface area contributed by atoms with Crippen molar-refractivity contribution in [3.05, 3.63) is 59.3 Å². The summed E-state index contributed by atoms with van der Waals surface area (Å²) in [6, 6.07) is 10.8. The van der Waals surface area contributed by atoms with Gasteiger partial charge in [0.05, 0.1) is 5.56 Å². The van der Waals surface area contributed by atoms with Crippen molar-refractivity contribution >= 4 is 11.6 Å². The van der Waals surface area contributed by atoms with Gasteiger partial charge in [0.25, 0.3) is 0 Å². The topological polar surface area (TPSA) is 56.0 Å². The number of aromatic nitrogens is 1. The number of ketones is 1. The molecule has 0 aliphatic rings. The van der Waals surface area contributed by atoms with Crippen molar-refractivity contribution in [2.24, 2.45) is 0 Å². The molecule has 2 aromatic rings. The summed E-state index contributed by atoms with van der Waals surface area (Å²) in [5.41, 5.74) is 7.71. The molecule has 0 saturated heterocycles. The fourth-order valence-electron chi connectivity index (χ4n) is 1.51. The van der Waals surface area contributed by atoms with E-state index < -0.39 is 0 Å². The van der Waals surface area contributed by atoms with Crippen molar-refractivity contribution in [2.75, 3.05) is 5.73 Å². The van der Waals surface area contributed by atoms with Crippen LogP contribution in [0.1, 0.15) is 21.5 Å². The Kier molecular flexibility index (Phi) is 2.68. The third kappa shape index (κ3) is 1.93. The molecule has 0 bridgehead atoms. The maximum absolute atomic E-state index is 12.1. The number of nitrogens with two attached hydrogens (primary N) is 1. The lowest BCUT2D eigenvalue weighted by Gasteiger charge is -2.04. The molecule has 80 valence electrons. The standard InChI is InChI=1S/C13H12N2O/c1-9-7-11(13(14)15-8-9)12(16)10-5-3-2-4-6-10/h2-8H,1H3,(H2,14,15). The van der Waals surface area contributed by atoms with Gasteiger partial charge in [0.15, 0.2) is 5.78 Å². The second-order valence-corrected chi connectivity index (χ2v) is 3.64. The Morgan fingerprint density at radius 2 is 1.94 bits per heavy atom. The predicted octanol–water partition coefficient (Wildman–Crippen LogP) is 2.20. The summed E-state index contributed by atoms with van der Waals surface area (Å²) in [6.07, 6.45) is 1.65. The van der Waals surface area contributed by atoms with E-state index in [2.05, 4.69) is 4.98 Å². The highest BCUT2D eigenvalue weighted by atomic mass is 16.1. The normalized spacial score (nSPS) is 10.1. The number of rotatable bonds is 2. The highest BCUT2D eigenvalue weighted by Gasteiger charge is 2.12. The highest BCUT2D eigenvalue weighted by molar-refractivity contribution is 6.11. The third-order valence-electron chi connectivity index (χ3n) is 2.34. The zero-order chi connectivity index (χ0) is 11.5. The number of anilines is 1. The number of benzene rings is 1. The maximum Gasteiger partial charge on any atom is 0.196 e. The van der Waals surface area contributed by atoms with E-state index >= 15 is 0 Å². The van der Waals surface area contributed by atoms with Crippen molar-refractivity contribution in [1.82, 2.24) is 4.98 Å². The molecule has 0 saturated carbocycles. The molecule has 0 spiro atoms. The predicted molar refractivity (Wildman–Crippen MR) is 63.3 cm³/mol. The summed E-state index contributed by atoms with van der Waals surface area (Å²) in [5, 5.41) is 0. The number of nitrogens with zero attached hydrogens (tertiary/aromatic N) is 1. The minimum atomic E-state index is -0.0886. The molecule has 0 radical (unpaired) electrons. The van der Waals surface area contributed by atoms with Crippen LogP contribution in [-0.4, -0.2) is 10.8 Å². The van der Waals surface area contributed by atoms with Crippen molar-refractivity contribution in [3.8, 4) is 0 Å². The van der Waals surface area contributed by atoms with Crippen LogP contribution in [0, 0.1) is 6.92 Å². The molecular weight excluding hydrogens is 200 g/mol. The van der Waals surface area contributed by atoms with E-state index in [0.29, 0.717) is 11.1 Å². The molecule has 2 N–H and O–H groups in total. The van der Waals surface area contributed by atoms with Crippen LogP contribution in [-0.2, 0) is 0 Å². The Balaban J connectivity index is 2.46. The number of carbonyl (C=O) groups excluding carboxylic acids is 1. The molecule has 3 heteroatoms. The van der Waals surface area contributed by atoms with E-state index in [-0.39, 0.29) is 11.6 Å². The summed E-state index contributed by atoms with van der Waals surface area (Å²) in [5.74, 6) is 0.189. The van der Waals surface area contributed by atoms with Crippen LogP contribution < -0.4 is 5.73 Å². The molecule has 1 aromatic heterocycles. The van der Waals surface area contributed by atoms with Gasteiger partial charge < -0.3 is 5.73 Å². The van der Waals surface area contributed by atoms with Gasteiger partial charge in [0.2, 0.25) is 0 Å². The SMILES string of the molecule is Cc1cnc(N)c(C(=O)c2ccccc2)c1. The number of pyridine rings is 1. The van der Waals surface area contributed by atoms with Crippen molar-refractivity contribution in [1.29, 1.82) is 0 Å². The van der Waals surface area contributed by atoms with Gasteiger partial charge in [-0.3, -0.25) is 4.79 Å². The van der Waals surface area contributed by atoms with E-state index in [0.717, 1.165) is 5.56 Å². The van der Waals surface area contributed by atoms with Crippen LogP contribution >= 0.6 is 0 Å². The minimum Gasteiger partial charge on any atom is -0.383 e. The van der Waals surface area contributed by atoms with E-state index in [9.17, 15) is 4.79 Å². The molecule has 0 aliphatic carbocycles. The first-order valence-electron chi connectivity index (χ1n) is 5.00. The molecule has 0 aliphatic heterocycles. The van der Waals surface area contributed by atoms with E-state index in [1.807, 2.05) is 25.1 Å². The largest absolute Gasteiger partial charge is 0.383 e. The Labute approximate surface area is 93.9 Å². The van der Waals surface area contributed by atoms with E-state index in [1.54, 1.807) is 24.4 Å². The van der Waals surface area contributed by atoms with Crippen molar-refractivity contribution < 1.29 is 4.79 Å². The van der Waals surface area contributed by atoms with Gasteiger partial charge in [-0.1, -0.05) is 30.3 Å². The monoisotopic (exact) mass is 212 g/mol. The Hall–Kier alpha value is -2.16. The van der Waals surface area contributed by atoms with Crippen LogP contribution in [0.4, 0.5) is 5.82 Å². The minimum absolute atomic E-state index is 0.0886. The second kappa shape index (κ2) is 4.14. The van der Waals surface area contributed by atoms with Gasteiger partial charge in [0.1, 0.15) is 5.82 Å². The second-order valence-electron chi connectivity index (χ2n) is 3.64. The number of nitrogen functional groups attached to an aromatic ring is 1. The molecule has 3 nitrogen and oxygen atoms in total. The van der Waals surface area contributed by atoms with Crippen LogP contribution in [0.25, 0.3) is 0 Å². The molecule has 2 rings (SSSR count). The Morgan fingerprint density at radius 3 is 2.62 bits per heavy atom. The summed E-state index contributed by atoms with van der Waals surface area (Å²) in [6.45, 7) is 1.88. The van der Waals surface area contributed by atoms with E-state index in [4.69, 9.17) is 5.73 Å². The average Bonchev–Trinajstić information content (AvgIpc) is 2.32. The summed E-state index contributed by atoms with van der Waals surface area (Å²) >= 11 is 0. The molecule has 0 fully saturated rings. The van der Waals surface area contributed by atoms with Gasteiger partial charge in [-0.05, 0) is 18.6 Å². The van der Waals surface area contributed by atoms with Gasteiger partial charge in [-0.25, -0.2) is 4.98 Å². The summed E-state index contributed by atoms with van der Waals surface area (Å²) < 4.78 is 0. The summed E-state index contributed by atoms with van der Waals surface area (Å²) in [7, 11) is 0. The fraction of sp³-hybridized carbons (Fsp3) is 0.0769. The third-order valence-corrected chi connectivity index (χ3v) is 2.34. The lowest BCUT2D eigenvalue weighted by atomic mass is 10.0. The first kappa shape index (κ1) is 10.4. The Morgan fingerprint density at radius 1 is 1.25 bits per heavy atom. The molecule has 0 atom stereocenters. The quantitative estimate of drug-likeness (QED) is 0.776. The number of hydrogen-bond donors (Lipinski definition) is 1. The number of aryl methyl sites for hydroxylation is 1. The molecule has 1 heterocycles. The number of carbonyl (C=O) groups is 1. The van der Waals surface area contributed by atoms with Crippen molar-refractivity contribution in [3.63, 3.8) is 0 Å². The molecular formula is C13H12N2O. The van der Waals surface area contributed by atoms with Gasteiger partial charge in [0, 0.05) is 11.8 Å². The molecule has 0 unspecified atom stereocenters. The number of hydrogen-bond acceptors (Lipinski definition) is 3. The zero-order valence-electron chi connectivity index (χ0n) is 8.97. The zero-order valence-corrected chi connectivity index (χ0v) is 8.97. The Bertz CT molecular complexity index is 521. The first-order chi connectivity index (χ1) is 7.68. The highest BCUT2D eigenvalue weighted by Crippen LogP contribution is 2.15. The molecule has 0 amide bonds. The van der Waals surface area contributed by atoms with E-state index in [1.165, 1.54) is 0 Å². The first-order valence-corrected chi connectivity index (χ1v) is 5.00. The van der Waals surface area contributed by atoms with Crippen LogP contribution in [0.5, 0.6) is 0 Å². The smallest absolute Gasteiger partial charge is 0.196 e. The lowest BCUT2D eigenvalue weighted by Crippen LogP contribution is -2.07. The molecule has 1 aromatic carbocycles.